The lowest BCUT2D eigenvalue weighted by Gasteiger charge is -2.09. The number of benzene rings is 1. The number of halogens is 4. The Morgan fingerprint density at radius 1 is 1.36 bits per heavy atom. The second-order valence-corrected chi connectivity index (χ2v) is 2.93. The van der Waals surface area contributed by atoms with E-state index in [1.807, 2.05) is 5.16 Å². The highest BCUT2D eigenvalue weighted by Crippen LogP contribution is 2.39. The third-order valence-corrected chi connectivity index (χ3v) is 1.85. The van der Waals surface area contributed by atoms with Crippen molar-refractivity contribution in [3.05, 3.63) is 28.8 Å². The molecular formula is C8H3ClF3NS. The molecule has 14 heavy (non-hydrogen) atoms. The number of para-hydroxylation sites is 1. The quantitative estimate of drug-likeness (QED) is 0.529. The normalized spacial score (nSPS) is 10.9. The van der Waals surface area contributed by atoms with Gasteiger partial charge in [-0.2, -0.15) is 18.2 Å². The van der Waals surface area contributed by atoms with Gasteiger partial charge in [0.1, 0.15) is 5.69 Å². The van der Waals surface area contributed by atoms with Gasteiger partial charge in [0.25, 0.3) is 0 Å². The summed E-state index contributed by atoms with van der Waals surface area (Å²) in [5.74, 6) is 0. The molecular weight excluding hydrogens is 235 g/mol. The Labute approximate surface area is 88.2 Å². The standard InChI is InChI=1S/C8H3ClF3NS/c9-6-3-1-2-5(8(10,11)12)7(6)13-4-14/h1-3H. The predicted octanol–water partition coefficient (Wildman–Crippen LogP) is 4.09. The topological polar surface area (TPSA) is 12.4 Å². The van der Waals surface area contributed by atoms with E-state index in [9.17, 15) is 13.2 Å². The van der Waals surface area contributed by atoms with Crippen molar-refractivity contribution in [3.63, 3.8) is 0 Å². The molecule has 0 atom stereocenters. The molecule has 74 valence electrons. The van der Waals surface area contributed by atoms with Gasteiger partial charge in [0.05, 0.1) is 15.7 Å². The summed E-state index contributed by atoms with van der Waals surface area (Å²) in [4.78, 5) is 3.29. The van der Waals surface area contributed by atoms with Crippen LogP contribution in [0, 0.1) is 0 Å². The van der Waals surface area contributed by atoms with E-state index in [2.05, 4.69) is 17.2 Å². The first-order chi connectivity index (χ1) is 6.46. The Morgan fingerprint density at radius 3 is 2.50 bits per heavy atom. The zero-order valence-corrected chi connectivity index (χ0v) is 8.17. The lowest BCUT2D eigenvalue weighted by molar-refractivity contribution is -0.137. The van der Waals surface area contributed by atoms with Crippen LogP contribution in [0.1, 0.15) is 5.56 Å². The third-order valence-electron chi connectivity index (χ3n) is 1.45. The van der Waals surface area contributed by atoms with Gasteiger partial charge >= 0.3 is 6.18 Å². The van der Waals surface area contributed by atoms with E-state index in [1.54, 1.807) is 0 Å². The van der Waals surface area contributed by atoms with Crippen molar-refractivity contribution in [2.75, 3.05) is 0 Å². The molecule has 0 N–H and O–H groups in total. The molecule has 0 aromatic heterocycles. The molecule has 0 amide bonds. The molecule has 6 heteroatoms. The van der Waals surface area contributed by atoms with E-state index in [4.69, 9.17) is 11.6 Å². The fraction of sp³-hybridized carbons (Fsp3) is 0.125. The van der Waals surface area contributed by atoms with Crippen molar-refractivity contribution in [3.8, 4) is 0 Å². The highest BCUT2D eigenvalue weighted by atomic mass is 35.5. The van der Waals surface area contributed by atoms with Gasteiger partial charge in [-0.25, -0.2) is 0 Å². The van der Waals surface area contributed by atoms with E-state index in [0.29, 0.717) is 0 Å². The summed E-state index contributed by atoms with van der Waals surface area (Å²) in [5.41, 5.74) is -1.31. The first-order valence-electron chi connectivity index (χ1n) is 3.40. The molecule has 1 aromatic rings. The second kappa shape index (κ2) is 4.09. The average molecular weight is 238 g/mol. The molecule has 0 aliphatic heterocycles. The van der Waals surface area contributed by atoms with Crippen molar-refractivity contribution in [1.82, 2.24) is 0 Å². The van der Waals surface area contributed by atoms with Crippen LogP contribution in [0.15, 0.2) is 23.2 Å². The number of hydrogen-bond acceptors (Lipinski definition) is 2. The van der Waals surface area contributed by atoms with Crippen molar-refractivity contribution in [1.29, 1.82) is 0 Å². The van der Waals surface area contributed by atoms with Crippen LogP contribution in [-0.4, -0.2) is 5.16 Å². The first-order valence-corrected chi connectivity index (χ1v) is 4.19. The molecule has 0 spiro atoms. The van der Waals surface area contributed by atoms with Crippen molar-refractivity contribution in [2.24, 2.45) is 4.99 Å². The molecule has 0 radical (unpaired) electrons. The highest BCUT2D eigenvalue weighted by molar-refractivity contribution is 7.78. The Bertz CT molecular complexity index is 396. The minimum Gasteiger partial charge on any atom is -0.193 e. The predicted molar refractivity (Wildman–Crippen MR) is 51.1 cm³/mol. The molecule has 0 aliphatic rings. The average Bonchev–Trinajstić information content (AvgIpc) is 2.07. The summed E-state index contributed by atoms with van der Waals surface area (Å²) in [6, 6.07) is 3.40. The molecule has 0 bridgehead atoms. The van der Waals surface area contributed by atoms with Crippen LogP contribution in [-0.2, 0) is 6.18 Å². The van der Waals surface area contributed by atoms with E-state index in [1.165, 1.54) is 12.1 Å². The number of isothiocyanates is 1. The minimum atomic E-state index is -4.49. The maximum Gasteiger partial charge on any atom is 0.418 e. The number of thiocarbonyl (C=S) groups is 1. The molecule has 0 unspecified atom stereocenters. The zero-order chi connectivity index (χ0) is 10.8. The Morgan fingerprint density at radius 2 is 2.00 bits per heavy atom. The summed E-state index contributed by atoms with van der Waals surface area (Å²) in [6.07, 6.45) is -4.49. The van der Waals surface area contributed by atoms with Gasteiger partial charge in [-0.3, -0.25) is 0 Å². The Balaban J connectivity index is 3.43. The molecule has 0 saturated carbocycles. The minimum absolute atomic E-state index is 0.0998. The van der Waals surface area contributed by atoms with E-state index >= 15 is 0 Å². The fourth-order valence-corrected chi connectivity index (χ4v) is 1.21. The summed E-state index contributed by atoms with van der Waals surface area (Å²) >= 11 is 9.77. The van der Waals surface area contributed by atoms with Gasteiger partial charge in [0, 0.05) is 0 Å². The molecule has 1 nitrogen and oxygen atoms in total. The number of hydrogen-bond donors (Lipinski definition) is 0. The van der Waals surface area contributed by atoms with Crippen molar-refractivity contribution in [2.45, 2.75) is 6.18 Å². The monoisotopic (exact) mass is 237 g/mol. The number of alkyl halides is 3. The van der Waals surface area contributed by atoms with Crippen LogP contribution in [0.5, 0.6) is 0 Å². The lowest BCUT2D eigenvalue weighted by Crippen LogP contribution is -2.05. The van der Waals surface area contributed by atoms with Crippen LogP contribution >= 0.6 is 23.8 Å². The first kappa shape index (κ1) is 11.2. The maximum atomic E-state index is 12.4. The van der Waals surface area contributed by atoms with E-state index in [0.717, 1.165) is 6.07 Å². The van der Waals surface area contributed by atoms with Gasteiger partial charge in [-0.15, -0.1) is 0 Å². The Hall–Kier alpha value is -0.900. The Kier molecular flexibility index (Phi) is 3.26. The van der Waals surface area contributed by atoms with Crippen LogP contribution in [0.4, 0.5) is 18.9 Å². The molecule has 1 aromatic carbocycles. The van der Waals surface area contributed by atoms with Gasteiger partial charge in [0.15, 0.2) is 0 Å². The molecule has 0 aliphatic carbocycles. The number of aliphatic imine (C=N–C) groups is 1. The van der Waals surface area contributed by atoms with Gasteiger partial charge in [0.2, 0.25) is 0 Å². The summed E-state index contributed by atoms with van der Waals surface area (Å²) in [5, 5.41) is 1.76. The van der Waals surface area contributed by atoms with Crippen LogP contribution in [0.3, 0.4) is 0 Å². The van der Waals surface area contributed by atoms with Gasteiger partial charge < -0.3 is 0 Å². The smallest absolute Gasteiger partial charge is 0.193 e. The molecule has 0 saturated heterocycles. The molecule has 0 fully saturated rings. The van der Waals surface area contributed by atoms with Crippen molar-refractivity contribution >= 4 is 34.7 Å². The maximum absolute atomic E-state index is 12.4. The third kappa shape index (κ3) is 2.32. The molecule has 1 rings (SSSR count). The summed E-state index contributed by atoms with van der Waals surface area (Å²) < 4.78 is 37.1. The second-order valence-electron chi connectivity index (χ2n) is 2.34. The van der Waals surface area contributed by atoms with Crippen LogP contribution in [0.2, 0.25) is 5.02 Å². The SMILES string of the molecule is FC(F)(F)c1cccc(Cl)c1N=C=S. The van der Waals surface area contributed by atoms with Crippen molar-refractivity contribution < 1.29 is 13.2 Å². The zero-order valence-electron chi connectivity index (χ0n) is 6.60. The lowest BCUT2D eigenvalue weighted by atomic mass is 10.2. The van der Waals surface area contributed by atoms with Gasteiger partial charge in [-0.1, -0.05) is 17.7 Å². The number of nitrogens with zero attached hydrogens (tertiary/aromatic N) is 1. The molecule has 0 heterocycles. The van der Waals surface area contributed by atoms with Crippen LogP contribution in [0.25, 0.3) is 0 Å². The van der Waals surface area contributed by atoms with E-state index in [-0.39, 0.29) is 5.02 Å². The fourth-order valence-electron chi connectivity index (χ4n) is 0.903. The summed E-state index contributed by atoms with van der Waals surface area (Å²) in [7, 11) is 0. The van der Waals surface area contributed by atoms with E-state index < -0.39 is 17.4 Å². The number of rotatable bonds is 1. The summed E-state index contributed by atoms with van der Waals surface area (Å²) in [6.45, 7) is 0. The van der Waals surface area contributed by atoms with Crippen LogP contribution < -0.4 is 0 Å². The highest BCUT2D eigenvalue weighted by Gasteiger charge is 2.34. The van der Waals surface area contributed by atoms with Gasteiger partial charge in [-0.05, 0) is 24.4 Å². The largest absolute Gasteiger partial charge is 0.418 e.